The Morgan fingerprint density at radius 2 is 1.44 bits per heavy atom. The summed E-state index contributed by atoms with van der Waals surface area (Å²) in [4.78, 5) is 47.7. The number of ketones is 1. The van der Waals surface area contributed by atoms with Crippen molar-refractivity contribution < 1.29 is 57.0 Å². The fourth-order valence-electron chi connectivity index (χ4n) is 7.56. The van der Waals surface area contributed by atoms with Gasteiger partial charge in [-0.1, -0.05) is 109 Å². The second-order valence-electron chi connectivity index (χ2n) is 16.6. The highest BCUT2D eigenvalue weighted by Gasteiger charge is 2.39. The first-order valence-corrected chi connectivity index (χ1v) is 24.8. The van der Waals surface area contributed by atoms with Gasteiger partial charge in [0.1, 0.15) is 23.9 Å². The minimum absolute atomic E-state index is 0.00864. The number of carbonyl (C=O) groups is 3. The van der Waals surface area contributed by atoms with E-state index in [2.05, 4.69) is 27.7 Å². The van der Waals surface area contributed by atoms with E-state index in [1.165, 1.54) is 30.4 Å². The molecular formula is C47H80NO12P. The summed E-state index contributed by atoms with van der Waals surface area (Å²) in [6, 6.07) is 0. The number of phosphoric acid groups is 1. The van der Waals surface area contributed by atoms with Crippen LogP contribution in [0.1, 0.15) is 171 Å². The van der Waals surface area contributed by atoms with E-state index < -0.39 is 50.6 Å². The molecule has 1 aromatic rings. The van der Waals surface area contributed by atoms with E-state index in [0.29, 0.717) is 32.1 Å². The van der Waals surface area contributed by atoms with Crippen molar-refractivity contribution in [1.29, 1.82) is 0 Å². The standard InChI is InChI=1S/C47H80NO12P/c1-5-7-17-23-38(49)29-30-41-40(42(50)33-43(41)51)24-19-15-16-21-27-46(52)56-34-39(35-58-61(54,55)57-32-31-48)59-47(53)28-22-14-12-10-9-11-13-20-26-45-37(4)36(3)44(60-45)25-18-8-6-2/h15,19,29-30,38-42,49-50H,5-14,16-18,20-28,31-35,48H2,1-4H3,(H,54,55)/b19-15-,30-29+/t38-,39+,40+,41+,42-/m0/s1. The van der Waals surface area contributed by atoms with Crippen LogP contribution in [0.3, 0.4) is 0 Å². The van der Waals surface area contributed by atoms with Gasteiger partial charge in [-0.25, -0.2) is 4.57 Å². The number of rotatable bonds is 36. The normalized spacial score (nSPS) is 18.9. The van der Waals surface area contributed by atoms with Crippen LogP contribution in [0.15, 0.2) is 28.7 Å². The molecule has 0 aromatic carbocycles. The van der Waals surface area contributed by atoms with Gasteiger partial charge in [0.25, 0.3) is 0 Å². The summed E-state index contributed by atoms with van der Waals surface area (Å²) in [7, 11) is -4.46. The zero-order valence-electron chi connectivity index (χ0n) is 37.8. The van der Waals surface area contributed by atoms with Gasteiger partial charge in [-0.2, -0.15) is 0 Å². The maximum atomic E-state index is 12.7. The van der Waals surface area contributed by atoms with Gasteiger partial charge >= 0.3 is 19.8 Å². The molecule has 5 N–H and O–H groups in total. The van der Waals surface area contributed by atoms with Crippen LogP contribution in [0.4, 0.5) is 0 Å². The number of carbonyl (C=O) groups excluding carboxylic acids is 3. The quantitative estimate of drug-likeness (QED) is 0.0215. The molecule has 1 saturated carbocycles. The molecule has 1 aliphatic rings. The number of hydrogen-bond acceptors (Lipinski definition) is 12. The first-order valence-electron chi connectivity index (χ1n) is 23.3. The first-order chi connectivity index (χ1) is 29.3. The Bertz CT molecular complexity index is 1490. The van der Waals surface area contributed by atoms with Gasteiger partial charge < -0.3 is 34.7 Å². The third-order valence-corrected chi connectivity index (χ3v) is 12.4. The molecule has 0 radical (unpaired) electrons. The van der Waals surface area contributed by atoms with Crippen molar-refractivity contribution in [2.45, 2.75) is 194 Å². The summed E-state index contributed by atoms with van der Waals surface area (Å²) >= 11 is 0. The van der Waals surface area contributed by atoms with E-state index in [0.717, 1.165) is 88.6 Å². The van der Waals surface area contributed by atoms with Crippen LogP contribution in [0.2, 0.25) is 0 Å². The number of phosphoric ester groups is 1. The smallest absolute Gasteiger partial charge is 0.466 e. The van der Waals surface area contributed by atoms with E-state index in [1.54, 1.807) is 12.2 Å². The highest BCUT2D eigenvalue weighted by Crippen LogP contribution is 2.43. The number of ether oxygens (including phenoxy) is 2. The van der Waals surface area contributed by atoms with Crippen LogP contribution < -0.4 is 5.73 Å². The highest BCUT2D eigenvalue weighted by molar-refractivity contribution is 7.47. The average molecular weight is 882 g/mol. The van der Waals surface area contributed by atoms with E-state index in [-0.39, 0.29) is 50.7 Å². The monoisotopic (exact) mass is 882 g/mol. The number of aliphatic hydroxyl groups excluding tert-OH is 2. The van der Waals surface area contributed by atoms with Gasteiger partial charge in [-0.15, -0.1) is 0 Å². The molecule has 61 heavy (non-hydrogen) atoms. The molecule has 1 unspecified atom stereocenters. The fourth-order valence-corrected chi connectivity index (χ4v) is 8.32. The van der Waals surface area contributed by atoms with Gasteiger partial charge in [0.15, 0.2) is 6.10 Å². The Hall–Kier alpha value is -2.64. The number of aryl methyl sites for hydroxylation is 2. The van der Waals surface area contributed by atoms with Crippen LogP contribution in [0.25, 0.3) is 0 Å². The lowest BCUT2D eigenvalue weighted by Crippen LogP contribution is -2.29. The summed E-state index contributed by atoms with van der Waals surface area (Å²) in [5.74, 6) is 0.502. The predicted molar refractivity (Wildman–Crippen MR) is 238 cm³/mol. The van der Waals surface area contributed by atoms with Gasteiger partial charge in [-0.05, 0) is 69.9 Å². The van der Waals surface area contributed by atoms with Crippen molar-refractivity contribution in [3.05, 3.63) is 47.0 Å². The van der Waals surface area contributed by atoms with Crippen LogP contribution in [-0.2, 0) is 50.3 Å². The molecule has 1 aromatic heterocycles. The van der Waals surface area contributed by atoms with Crippen LogP contribution >= 0.6 is 7.82 Å². The predicted octanol–water partition coefficient (Wildman–Crippen LogP) is 9.41. The van der Waals surface area contributed by atoms with Crippen molar-refractivity contribution in [2.75, 3.05) is 26.4 Å². The summed E-state index contributed by atoms with van der Waals surface area (Å²) in [6.45, 7) is 7.60. The Kier molecular flexibility index (Phi) is 28.7. The van der Waals surface area contributed by atoms with Gasteiger partial charge in [0.05, 0.1) is 25.4 Å². The second kappa shape index (κ2) is 32.1. The maximum Gasteiger partial charge on any atom is 0.472 e. The molecule has 0 spiro atoms. The number of unbranched alkanes of at least 4 members (excludes halogenated alkanes) is 12. The third kappa shape index (κ3) is 23.6. The number of Topliss-reactive ketones (excluding diaryl/α,β-unsaturated/α-hetero) is 1. The Morgan fingerprint density at radius 1 is 0.836 bits per heavy atom. The lowest BCUT2D eigenvalue weighted by atomic mass is 9.90. The molecule has 350 valence electrons. The number of furan rings is 1. The molecule has 13 nitrogen and oxygen atoms in total. The number of esters is 2. The number of nitrogens with two attached hydrogens (primary N) is 1. The lowest BCUT2D eigenvalue weighted by Gasteiger charge is -2.19. The molecule has 0 bridgehead atoms. The SMILES string of the molecule is CCCCCc1oc(CCCCCCCCCCC(=O)O[C@H](COC(=O)CCC/C=C\C[C@H]2[C@@H](O)CC(=O)[C@@H]2/C=C/[C@@H](O)CCCCC)COP(=O)(O)OCCN)c(C)c1C. The Morgan fingerprint density at radius 3 is 2.10 bits per heavy atom. The summed E-state index contributed by atoms with van der Waals surface area (Å²) in [6.07, 6.45) is 24.0. The van der Waals surface area contributed by atoms with E-state index in [4.69, 9.17) is 28.7 Å². The van der Waals surface area contributed by atoms with Crippen LogP contribution in [0, 0.1) is 25.7 Å². The van der Waals surface area contributed by atoms with E-state index >= 15 is 0 Å². The zero-order valence-corrected chi connectivity index (χ0v) is 38.7. The molecule has 2 rings (SSSR count). The maximum absolute atomic E-state index is 12.7. The fraction of sp³-hybridized carbons (Fsp3) is 0.766. The number of aliphatic hydroxyl groups is 2. The van der Waals surface area contributed by atoms with Crippen molar-refractivity contribution >= 4 is 25.5 Å². The molecule has 6 atom stereocenters. The minimum Gasteiger partial charge on any atom is -0.466 e. The van der Waals surface area contributed by atoms with Crippen molar-refractivity contribution in [3.8, 4) is 0 Å². The van der Waals surface area contributed by atoms with Crippen LogP contribution in [-0.4, -0.2) is 77.5 Å². The molecular weight excluding hydrogens is 801 g/mol. The average Bonchev–Trinajstić information content (AvgIpc) is 3.66. The molecule has 0 aliphatic heterocycles. The number of allylic oxidation sites excluding steroid dienone is 3. The highest BCUT2D eigenvalue weighted by atomic mass is 31.2. The van der Waals surface area contributed by atoms with Crippen LogP contribution in [0.5, 0.6) is 0 Å². The van der Waals surface area contributed by atoms with Crippen molar-refractivity contribution in [2.24, 2.45) is 17.6 Å². The molecule has 0 saturated heterocycles. The first kappa shape index (κ1) is 54.5. The Labute approximate surface area is 366 Å². The molecule has 1 aliphatic carbocycles. The van der Waals surface area contributed by atoms with Gasteiger partial charge in [0.2, 0.25) is 0 Å². The summed E-state index contributed by atoms with van der Waals surface area (Å²) < 4.78 is 39.1. The summed E-state index contributed by atoms with van der Waals surface area (Å²) in [5, 5.41) is 20.7. The van der Waals surface area contributed by atoms with Gasteiger partial charge in [0, 0.05) is 50.5 Å². The second-order valence-corrected chi connectivity index (χ2v) is 18.1. The minimum atomic E-state index is -4.46. The number of hydrogen-bond donors (Lipinski definition) is 4. The zero-order chi connectivity index (χ0) is 44.9. The van der Waals surface area contributed by atoms with Crippen molar-refractivity contribution in [1.82, 2.24) is 0 Å². The van der Waals surface area contributed by atoms with E-state index in [1.807, 2.05) is 12.2 Å². The summed E-state index contributed by atoms with van der Waals surface area (Å²) in [5.41, 5.74) is 7.97. The molecule has 0 amide bonds. The van der Waals surface area contributed by atoms with Gasteiger partial charge in [-0.3, -0.25) is 23.4 Å². The third-order valence-electron chi connectivity index (χ3n) is 11.4. The molecule has 14 heteroatoms. The van der Waals surface area contributed by atoms with Crippen molar-refractivity contribution in [3.63, 3.8) is 0 Å². The lowest BCUT2D eigenvalue weighted by molar-refractivity contribution is -0.161. The van der Waals surface area contributed by atoms with E-state index in [9.17, 15) is 34.1 Å². The topological polar surface area (TPSA) is 205 Å². The Balaban J connectivity index is 1.69. The largest absolute Gasteiger partial charge is 0.472 e. The molecule has 1 fully saturated rings. The molecule has 1 heterocycles.